The van der Waals surface area contributed by atoms with Crippen molar-refractivity contribution in [3.05, 3.63) is 21.7 Å². The number of nitrogens with one attached hydrogen (secondary N) is 1. The van der Waals surface area contributed by atoms with E-state index in [0.29, 0.717) is 12.0 Å². The van der Waals surface area contributed by atoms with Crippen LogP contribution in [-0.4, -0.2) is 59.5 Å². The maximum atomic E-state index is 5.47. The molecule has 0 aromatic carbocycles. The Morgan fingerprint density at radius 2 is 2.05 bits per heavy atom. The highest BCUT2D eigenvalue weighted by molar-refractivity contribution is 7.71. The van der Waals surface area contributed by atoms with E-state index in [1.165, 1.54) is 11.3 Å². The minimum atomic E-state index is 0.420. The van der Waals surface area contributed by atoms with Crippen molar-refractivity contribution in [3.63, 3.8) is 0 Å². The molecule has 5 heteroatoms. The van der Waals surface area contributed by atoms with Crippen LogP contribution in [0.15, 0.2) is 0 Å². The lowest BCUT2D eigenvalue weighted by Crippen LogP contribution is -2.51. The molecule has 4 nitrogen and oxygen atoms in total. The second-order valence-corrected chi connectivity index (χ2v) is 6.67. The van der Waals surface area contributed by atoms with Crippen LogP contribution in [0.4, 0.5) is 0 Å². The quantitative estimate of drug-likeness (QED) is 0.868. The zero-order chi connectivity index (χ0) is 14.9. The summed E-state index contributed by atoms with van der Waals surface area (Å²) in [5, 5.41) is 0. The van der Waals surface area contributed by atoms with Crippen molar-refractivity contribution in [2.24, 2.45) is 0 Å². The van der Waals surface area contributed by atoms with Gasteiger partial charge < -0.3 is 14.8 Å². The van der Waals surface area contributed by atoms with E-state index in [0.717, 1.165) is 36.5 Å². The lowest BCUT2D eigenvalue weighted by molar-refractivity contribution is 0.113. The summed E-state index contributed by atoms with van der Waals surface area (Å²) in [5.74, 6) is 1.44. The molecular weight excluding hydrogens is 268 g/mol. The SMILES string of the molecule is Cc1[nH]c(CC2CN(C)CCN2C)nc(=S)c1C(C)C. The van der Waals surface area contributed by atoms with Gasteiger partial charge in [-0.2, -0.15) is 0 Å². The van der Waals surface area contributed by atoms with Gasteiger partial charge in [0.05, 0.1) is 0 Å². The number of aromatic nitrogens is 2. The van der Waals surface area contributed by atoms with Gasteiger partial charge in [0.15, 0.2) is 0 Å². The Morgan fingerprint density at radius 3 is 2.65 bits per heavy atom. The summed E-state index contributed by atoms with van der Waals surface area (Å²) in [6.45, 7) is 9.78. The van der Waals surface area contributed by atoms with Crippen molar-refractivity contribution in [3.8, 4) is 0 Å². The maximum Gasteiger partial charge on any atom is 0.133 e. The molecule has 1 unspecified atom stereocenters. The molecule has 0 spiro atoms. The molecule has 0 saturated carbocycles. The summed E-state index contributed by atoms with van der Waals surface area (Å²) in [6.07, 6.45) is 0.934. The molecule has 1 N–H and O–H groups in total. The number of likely N-dealkylation sites (N-methyl/N-ethyl adjacent to an activating group) is 2. The Hall–Kier alpha value is -0.780. The standard InChI is InChI=1S/C15H26N4S/c1-10(2)14-11(3)16-13(17-15(14)20)8-12-9-18(4)6-7-19(12)5/h10,12H,6-9H2,1-5H3,(H,16,17,20). The Labute approximate surface area is 127 Å². The van der Waals surface area contributed by atoms with E-state index in [1.54, 1.807) is 0 Å². The van der Waals surface area contributed by atoms with E-state index in [2.05, 4.69) is 54.6 Å². The third-order valence-electron chi connectivity index (χ3n) is 4.19. The van der Waals surface area contributed by atoms with Gasteiger partial charge in [0, 0.05) is 43.4 Å². The van der Waals surface area contributed by atoms with E-state index < -0.39 is 0 Å². The first-order valence-electron chi connectivity index (χ1n) is 7.37. The summed E-state index contributed by atoms with van der Waals surface area (Å²) in [7, 11) is 4.38. The Morgan fingerprint density at radius 1 is 1.35 bits per heavy atom. The minimum Gasteiger partial charge on any atom is -0.347 e. The normalized spacial score (nSPS) is 21.6. The van der Waals surface area contributed by atoms with E-state index in [-0.39, 0.29) is 0 Å². The van der Waals surface area contributed by atoms with E-state index >= 15 is 0 Å². The highest BCUT2D eigenvalue weighted by atomic mass is 32.1. The molecule has 1 atom stereocenters. The highest BCUT2D eigenvalue weighted by Gasteiger charge is 2.23. The molecule has 1 aliphatic rings. The predicted octanol–water partition coefficient (Wildman–Crippen LogP) is 2.36. The number of nitrogens with zero attached hydrogens (tertiary/aromatic N) is 3. The zero-order valence-corrected chi connectivity index (χ0v) is 14.0. The fourth-order valence-electron chi connectivity index (χ4n) is 2.98. The third-order valence-corrected chi connectivity index (χ3v) is 4.50. The zero-order valence-electron chi connectivity index (χ0n) is 13.2. The summed E-state index contributed by atoms with van der Waals surface area (Å²) in [4.78, 5) is 12.9. The first-order chi connectivity index (χ1) is 9.38. The van der Waals surface area contributed by atoms with Crippen LogP contribution in [0.25, 0.3) is 0 Å². The third kappa shape index (κ3) is 3.45. The van der Waals surface area contributed by atoms with Crippen LogP contribution in [0.3, 0.4) is 0 Å². The van der Waals surface area contributed by atoms with Gasteiger partial charge in [0.1, 0.15) is 10.5 Å². The molecule has 1 aromatic rings. The molecule has 0 amide bonds. The molecule has 0 aliphatic carbocycles. The van der Waals surface area contributed by atoms with Crippen molar-refractivity contribution >= 4 is 12.2 Å². The van der Waals surface area contributed by atoms with Crippen LogP contribution < -0.4 is 0 Å². The van der Waals surface area contributed by atoms with Gasteiger partial charge in [-0.05, 0) is 26.9 Å². The van der Waals surface area contributed by atoms with Crippen LogP contribution in [0, 0.1) is 11.6 Å². The lowest BCUT2D eigenvalue weighted by Gasteiger charge is -2.37. The molecule has 1 saturated heterocycles. The second kappa shape index (κ2) is 6.33. The molecule has 20 heavy (non-hydrogen) atoms. The fraction of sp³-hybridized carbons (Fsp3) is 0.733. The largest absolute Gasteiger partial charge is 0.347 e. The maximum absolute atomic E-state index is 5.47. The summed E-state index contributed by atoms with van der Waals surface area (Å²) in [6, 6.07) is 0.510. The van der Waals surface area contributed by atoms with Crippen LogP contribution >= 0.6 is 12.2 Å². The van der Waals surface area contributed by atoms with Gasteiger partial charge in [0.25, 0.3) is 0 Å². The van der Waals surface area contributed by atoms with E-state index in [4.69, 9.17) is 12.2 Å². The van der Waals surface area contributed by atoms with Gasteiger partial charge >= 0.3 is 0 Å². The van der Waals surface area contributed by atoms with Crippen LogP contribution in [0.1, 0.15) is 36.8 Å². The monoisotopic (exact) mass is 294 g/mol. The topological polar surface area (TPSA) is 35.2 Å². The van der Waals surface area contributed by atoms with Gasteiger partial charge in [-0.15, -0.1) is 0 Å². The number of hydrogen-bond acceptors (Lipinski definition) is 4. The second-order valence-electron chi connectivity index (χ2n) is 6.28. The van der Waals surface area contributed by atoms with Crippen LogP contribution in [-0.2, 0) is 6.42 Å². The lowest BCUT2D eigenvalue weighted by atomic mass is 10.0. The van der Waals surface area contributed by atoms with Gasteiger partial charge in [-0.3, -0.25) is 0 Å². The summed E-state index contributed by atoms with van der Waals surface area (Å²) < 4.78 is 0.762. The average molecular weight is 294 g/mol. The molecule has 2 rings (SSSR count). The van der Waals surface area contributed by atoms with E-state index in [1.807, 2.05) is 0 Å². The Balaban J connectivity index is 2.20. The number of aryl methyl sites for hydroxylation is 1. The van der Waals surface area contributed by atoms with Crippen molar-refractivity contribution in [1.82, 2.24) is 19.8 Å². The molecular formula is C15H26N4S. The summed E-state index contributed by atoms with van der Waals surface area (Å²) >= 11 is 5.47. The minimum absolute atomic E-state index is 0.420. The number of rotatable bonds is 3. The van der Waals surface area contributed by atoms with Crippen molar-refractivity contribution < 1.29 is 0 Å². The van der Waals surface area contributed by atoms with Gasteiger partial charge in [0.2, 0.25) is 0 Å². The number of aromatic amines is 1. The Kier molecular flexibility index (Phi) is 4.94. The van der Waals surface area contributed by atoms with E-state index in [9.17, 15) is 0 Å². The van der Waals surface area contributed by atoms with Gasteiger partial charge in [-0.25, -0.2) is 4.98 Å². The smallest absolute Gasteiger partial charge is 0.133 e. The fourth-order valence-corrected chi connectivity index (χ4v) is 3.48. The highest BCUT2D eigenvalue weighted by Crippen LogP contribution is 2.19. The van der Waals surface area contributed by atoms with Gasteiger partial charge in [-0.1, -0.05) is 26.1 Å². The summed E-state index contributed by atoms with van der Waals surface area (Å²) in [5.41, 5.74) is 2.35. The molecule has 0 radical (unpaired) electrons. The molecule has 1 aliphatic heterocycles. The van der Waals surface area contributed by atoms with Crippen molar-refractivity contribution in [1.29, 1.82) is 0 Å². The van der Waals surface area contributed by atoms with Crippen LogP contribution in [0.5, 0.6) is 0 Å². The first kappa shape index (κ1) is 15.6. The molecule has 2 heterocycles. The predicted molar refractivity (Wildman–Crippen MR) is 85.9 cm³/mol. The number of piperazine rings is 1. The number of H-pyrrole nitrogens is 1. The molecule has 0 bridgehead atoms. The van der Waals surface area contributed by atoms with Crippen LogP contribution in [0.2, 0.25) is 0 Å². The average Bonchev–Trinajstić information content (AvgIpc) is 2.32. The first-order valence-corrected chi connectivity index (χ1v) is 7.77. The number of hydrogen-bond donors (Lipinski definition) is 1. The van der Waals surface area contributed by atoms with Crippen molar-refractivity contribution in [2.45, 2.75) is 39.2 Å². The van der Waals surface area contributed by atoms with Crippen molar-refractivity contribution in [2.75, 3.05) is 33.7 Å². The Bertz CT molecular complexity index is 523. The molecule has 112 valence electrons. The molecule has 1 fully saturated rings. The molecule has 1 aromatic heterocycles.